The van der Waals surface area contributed by atoms with E-state index in [1.807, 2.05) is 42.2 Å². The van der Waals surface area contributed by atoms with E-state index in [-0.39, 0.29) is 0 Å². The van der Waals surface area contributed by atoms with Crippen molar-refractivity contribution in [1.29, 1.82) is 0 Å². The lowest BCUT2D eigenvalue weighted by atomic mass is 10.2. The molecule has 5 nitrogen and oxygen atoms in total. The van der Waals surface area contributed by atoms with Gasteiger partial charge in [0.05, 0.1) is 18.5 Å². The normalized spacial score (nSPS) is 11.2. The molecule has 2 aromatic heterocycles. The zero-order valence-electron chi connectivity index (χ0n) is 12.1. The second kappa shape index (κ2) is 5.77. The maximum absolute atomic E-state index is 6.05. The molecule has 0 amide bonds. The van der Waals surface area contributed by atoms with Crippen molar-refractivity contribution in [2.75, 3.05) is 7.11 Å². The van der Waals surface area contributed by atoms with Gasteiger partial charge in [0.1, 0.15) is 17.1 Å². The van der Waals surface area contributed by atoms with Gasteiger partial charge in [-0.1, -0.05) is 6.07 Å². The number of alkyl halides is 1. The topological polar surface area (TPSA) is 44.9 Å². The summed E-state index contributed by atoms with van der Waals surface area (Å²) < 4.78 is 9.42. The van der Waals surface area contributed by atoms with Gasteiger partial charge in [0, 0.05) is 31.9 Å². The molecule has 110 valence electrons. The molecule has 2 heterocycles. The van der Waals surface area contributed by atoms with Crippen LogP contribution in [0.2, 0.25) is 0 Å². The molecule has 0 atom stereocenters. The van der Waals surface area contributed by atoms with Crippen LogP contribution < -0.4 is 4.74 Å². The number of fused-ring (bicyclic) bond motifs is 1. The van der Waals surface area contributed by atoms with E-state index in [0.29, 0.717) is 5.88 Å². The Bertz CT molecular complexity index is 762. The first-order valence-electron chi connectivity index (χ1n) is 6.79. The highest BCUT2D eigenvalue weighted by Crippen LogP contribution is 2.26. The van der Waals surface area contributed by atoms with Gasteiger partial charge in [-0.3, -0.25) is 4.68 Å². The molecular formula is C15H17ClN4O. The Hall–Kier alpha value is -2.01. The van der Waals surface area contributed by atoms with Crippen molar-refractivity contribution < 1.29 is 4.74 Å². The van der Waals surface area contributed by atoms with E-state index in [1.165, 1.54) is 5.69 Å². The number of hydrogen-bond acceptors (Lipinski definition) is 3. The van der Waals surface area contributed by atoms with Gasteiger partial charge in [0.25, 0.3) is 0 Å². The molecule has 0 spiro atoms. The number of aryl methyl sites for hydroxylation is 3. The van der Waals surface area contributed by atoms with Crippen LogP contribution in [0.25, 0.3) is 11.0 Å². The van der Waals surface area contributed by atoms with Gasteiger partial charge in [-0.25, -0.2) is 4.98 Å². The summed E-state index contributed by atoms with van der Waals surface area (Å²) in [5, 5.41) is 4.19. The zero-order valence-corrected chi connectivity index (χ0v) is 12.8. The first kappa shape index (κ1) is 13.9. The number of methoxy groups -OCH3 is 1. The predicted octanol–water partition coefficient (Wildman–Crippen LogP) is 2.76. The van der Waals surface area contributed by atoms with Crippen molar-refractivity contribution in [3.8, 4) is 5.75 Å². The van der Waals surface area contributed by atoms with Crippen molar-refractivity contribution in [1.82, 2.24) is 19.3 Å². The number of halogens is 1. The van der Waals surface area contributed by atoms with Crippen LogP contribution in [-0.4, -0.2) is 26.4 Å². The summed E-state index contributed by atoms with van der Waals surface area (Å²) in [6.45, 7) is 0.811. The number of rotatable bonds is 5. The third-order valence-electron chi connectivity index (χ3n) is 3.67. The van der Waals surface area contributed by atoms with Crippen LogP contribution in [0.4, 0.5) is 0 Å². The minimum absolute atomic E-state index is 0.378. The van der Waals surface area contributed by atoms with Crippen LogP contribution in [0, 0.1) is 0 Å². The van der Waals surface area contributed by atoms with Crippen LogP contribution in [0.15, 0.2) is 30.5 Å². The van der Waals surface area contributed by atoms with Gasteiger partial charge in [-0.05, 0) is 18.2 Å². The maximum atomic E-state index is 6.05. The summed E-state index contributed by atoms with van der Waals surface area (Å²) in [4.78, 5) is 4.61. The standard InChI is InChI=1S/C15H17ClN4O/c1-19-11(6-8-17-19)7-9-20-12-4-3-5-13(21-2)15(12)18-14(20)10-16/h3-6,8H,7,9-10H2,1-2H3. The molecular weight excluding hydrogens is 288 g/mol. The molecule has 3 rings (SSSR count). The monoisotopic (exact) mass is 304 g/mol. The first-order chi connectivity index (χ1) is 10.2. The van der Waals surface area contributed by atoms with Crippen LogP contribution >= 0.6 is 11.6 Å². The third kappa shape index (κ3) is 2.49. The lowest BCUT2D eigenvalue weighted by Crippen LogP contribution is -2.07. The molecule has 0 saturated carbocycles. The molecule has 0 aliphatic rings. The van der Waals surface area contributed by atoms with Gasteiger partial charge in [-0.2, -0.15) is 5.10 Å². The summed E-state index contributed by atoms with van der Waals surface area (Å²) in [6.07, 6.45) is 2.69. The number of ether oxygens (including phenoxy) is 1. The lowest BCUT2D eigenvalue weighted by Gasteiger charge is -2.08. The first-order valence-corrected chi connectivity index (χ1v) is 7.33. The zero-order chi connectivity index (χ0) is 14.8. The third-order valence-corrected chi connectivity index (χ3v) is 3.91. The van der Waals surface area contributed by atoms with E-state index in [2.05, 4.69) is 14.6 Å². The van der Waals surface area contributed by atoms with E-state index in [1.54, 1.807) is 7.11 Å². The number of imidazole rings is 1. The van der Waals surface area contributed by atoms with Crippen LogP contribution in [0.5, 0.6) is 5.75 Å². The smallest absolute Gasteiger partial charge is 0.146 e. The van der Waals surface area contributed by atoms with Crippen LogP contribution in [0.3, 0.4) is 0 Å². The maximum Gasteiger partial charge on any atom is 0.146 e. The summed E-state index contributed by atoms with van der Waals surface area (Å²) in [5.74, 6) is 2.01. The molecule has 0 bridgehead atoms. The minimum Gasteiger partial charge on any atom is -0.494 e. The summed E-state index contributed by atoms with van der Waals surface area (Å²) in [7, 11) is 3.61. The van der Waals surface area contributed by atoms with Gasteiger partial charge >= 0.3 is 0 Å². The Morgan fingerprint density at radius 1 is 1.29 bits per heavy atom. The van der Waals surface area contributed by atoms with Crippen molar-refractivity contribution >= 4 is 22.6 Å². The molecule has 0 unspecified atom stereocenters. The number of para-hydroxylation sites is 1. The molecule has 0 fully saturated rings. The molecule has 3 aromatic rings. The highest BCUT2D eigenvalue weighted by molar-refractivity contribution is 6.16. The van der Waals surface area contributed by atoms with Crippen LogP contribution in [-0.2, 0) is 25.9 Å². The van der Waals surface area contributed by atoms with Crippen molar-refractivity contribution in [3.05, 3.63) is 42.0 Å². The van der Waals surface area contributed by atoms with E-state index < -0.39 is 0 Å². The van der Waals surface area contributed by atoms with E-state index in [0.717, 1.165) is 35.6 Å². The SMILES string of the molecule is COc1cccc2c1nc(CCl)n2CCc1ccnn1C. The fourth-order valence-electron chi connectivity index (χ4n) is 2.56. The fraction of sp³-hybridized carbons (Fsp3) is 0.333. The largest absolute Gasteiger partial charge is 0.494 e. The van der Waals surface area contributed by atoms with E-state index >= 15 is 0 Å². The molecule has 0 aliphatic heterocycles. The Morgan fingerprint density at radius 2 is 2.14 bits per heavy atom. The van der Waals surface area contributed by atoms with E-state index in [4.69, 9.17) is 16.3 Å². The second-order valence-electron chi connectivity index (χ2n) is 4.84. The highest BCUT2D eigenvalue weighted by Gasteiger charge is 2.13. The van der Waals surface area contributed by atoms with E-state index in [9.17, 15) is 0 Å². The number of benzene rings is 1. The average Bonchev–Trinajstić information content (AvgIpc) is 3.07. The van der Waals surface area contributed by atoms with Crippen molar-refractivity contribution in [2.24, 2.45) is 7.05 Å². The number of hydrogen-bond donors (Lipinski definition) is 0. The molecule has 21 heavy (non-hydrogen) atoms. The molecule has 0 aliphatic carbocycles. The Morgan fingerprint density at radius 3 is 2.81 bits per heavy atom. The number of nitrogens with zero attached hydrogens (tertiary/aromatic N) is 4. The van der Waals surface area contributed by atoms with Gasteiger partial charge in [0.2, 0.25) is 0 Å². The van der Waals surface area contributed by atoms with Gasteiger partial charge in [0.15, 0.2) is 0 Å². The Kier molecular flexibility index (Phi) is 3.84. The number of aromatic nitrogens is 4. The summed E-state index contributed by atoms with van der Waals surface area (Å²) in [6, 6.07) is 7.96. The van der Waals surface area contributed by atoms with Gasteiger partial charge < -0.3 is 9.30 Å². The molecule has 0 radical (unpaired) electrons. The molecule has 1 aromatic carbocycles. The summed E-state index contributed by atoms with van der Waals surface area (Å²) in [5.41, 5.74) is 3.09. The molecule has 0 N–H and O–H groups in total. The minimum atomic E-state index is 0.378. The van der Waals surface area contributed by atoms with Crippen molar-refractivity contribution in [2.45, 2.75) is 18.8 Å². The predicted molar refractivity (Wildman–Crippen MR) is 82.8 cm³/mol. The lowest BCUT2D eigenvalue weighted by molar-refractivity contribution is 0.419. The average molecular weight is 305 g/mol. The summed E-state index contributed by atoms with van der Waals surface area (Å²) >= 11 is 6.05. The Balaban J connectivity index is 1.98. The van der Waals surface area contributed by atoms with Crippen molar-refractivity contribution in [3.63, 3.8) is 0 Å². The second-order valence-corrected chi connectivity index (χ2v) is 5.10. The molecule has 0 saturated heterocycles. The quantitative estimate of drug-likeness (QED) is 0.681. The molecule has 6 heteroatoms. The van der Waals surface area contributed by atoms with Gasteiger partial charge in [-0.15, -0.1) is 11.6 Å². The Labute approximate surface area is 128 Å². The van der Waals surface area contributed by atoms with Crippen LogP contribution in [0.1, 0.15) is 11.5 Å². The fourth-order valence-corrected chi connectivity index (χ4v) is 2.76. The highest BCUT2D eigenvalue weighted by atomic mass is 35.5.